The van der Waals surface area contributed by atoms with E-state index in [1.807, 2.05) is 0 Å². The van der Waals surface area contributed by atoms with Crippen molar-refractivity contribution in [3.05, 3.63) is 11.8 Å². The second kappa shape index (κ2) is 3.08. The average molecular weight is 99.1 g/mol. The number of allylic oxidation sites excluding steroid dienone is 1. The topological polar surface area (TPSA) is 57.2 Å². The third kappa shape index (κ3) is 1.70. The first kappa shape index (κ1) is 5.88. The number of rotatable bonds is 2. The molecule has 0 amide bonds. The van der Waals surface area contributed by atoms with Crippen LogP contribution in [0.15, 0.2) is 11.8 Å². The van der Waals surface area contributed by atoms with Crippen molar-refractivity contribution in [3.63, 3.8) is 0 Å². The maximum Gasteiger partial charge on any atom is 0.152 e. The van der Waals surface area contributed by atoms with E-state index in [-0.39, 0.29) is 24.4 Å². The van der Waals surface area contributed by atoms with E-state index in [4.69, 9.17) is 0 Å². The van der Waals surface area contributed by atoms with Gasteiger partial charge in [0.1, 0.15) is 0 Å². The normalized spacial score (nSPS) is 6.86. The van der Waals surface area contributed by atoms with E-state index in [0.717, 1.165) is 0 Å². The second-order valence-electron chi connectivity index (χ2n) is 0.854. The van der Waals surface area contributed by atoms with Crippen molar-refractivity contribution >= 4 is 12.6 Å². The van der Waals surface area contributed by atoms with Crippen molar-refractivity contribution in [2.45, 2.75) is 0 Å². The van der Waals surface area contributed by atoms with Crippen LogP contribution in [0.25, 0.3) is 0 Å². The summed E-state index contributed by atoms with van der Waals surface area (Å²) in [5, 5.41) is 9.47. The number of aldehydes is 2. The molecular weight excluding hydrogens is 96.0 g/mol. The van der Waals surface area contributed by atoms with Gasteiger partial charge >= 0.3 is 0 Å². The van der Waals surface area contributed by atoms with Crippen LogP contribution in [0.1, 0.15) is 0 Å². The summed E-state index contributed by atoms with van der Waals surface area (Å²) in [4.78, 5) is 18.9. The van der Waals surface area contributed by atoms with Crippen LogP contribution >= 0.6 is 0 Å². The van der Waals surface area contributed by atoms with Crippen molar-refractivity contribution < 1.29 is 14.7 Å². The van der Waals surface area contributed by atoms with E-state index in [1.54, 1.807) is 0 Å². The first-order valence-electron chi connectivity index (χ1n) is 1.57. The average Bonchev–Trinajstić information content (AvgIpc) is 1.72. The molecule has 0 fully saturated rings. The van der Waals surface area contributed by atoms with Gasteiger partial charge in [0.25, 0.3) is 0 Å². The summed E-state index contributed by atoms with van der Waals surface area (Å²) in [6, 6.07) is 0. The van der Waals surface area contributed by atoms with Crippen LogP contribution in [0.2, 0.25) is 0 Å². The minimum Gasteiger partial charge on any atom is -0.877 e. The monoisotopic (exact) mass is 99.0 g/mol. The highest BCUT2D eigenvalue weighted by molar-refractivity contribution is 5.98. The lowest BCUT2D eigenvalue weighted by atomic mass is 10.4. The van der Waals surface area contributed by atoms with Gasteiger partial charge in [0.2, 0.25) is 0 Å². The van der Waals surface area contributed by atoms with E-state index in [1.165, 1.54) is 0 Å². The van der Waals surface area contributed by atoms with Gasteiger partial charge in [0.05, 0.1) is 0 Å². The van der Waals surface area contributed by atoms with Crippen LogP contribution < -0.4 is 5.11 Å². The first-order valence-corrected chi connectivity index (χ1v) is 1.57. The molecule has 0 spiro atoms. The Labute approximate surface area is 40.3 Å². The van der Waals surface area contributed by atoms with E-state index in [0.29, 0.717) is 0 Å². The van der Waals surface area contributed by atoms with Gasteiger partial charge in [0, 0.05) is 5.57 Å². The second-order valence-corrected chi connectivity index (χ2v) is 0.854. The minimum absolute atomic E-state index is 0.208. The van der Waals surface area contributed by atoms with E-state index in [2.05, 4.69) is 0 Å². The molecule has 0 rings (SSSR count). The maximum atomic E-state index is 9.47. The molecule has 0 aliphatic carbocycles. The quantitative estimate of drug-likeness (QED) is 0.141. The maximum absolute atomic E-state index is 9.47. The highest BCUT2D eigenvalue weighted by Crippen LogP contribution is 1.72. The molecule has 38 valence electrons. The molecule has 0 aromatic rings. The molecule has 3 nitrogen and oxygen atoms in total. The fraction of sp³-hybridized carbons (Fsp3) is 0. The smallest absolute Gasteiger partial charge is 0.152 e. The fourth-order valence-electron chi connectivity index (χ4n) is 0.0833. The lowest BCUT2D eigenvalue weighted by Gasteiger charge is -1.86. The predicted molar refractivity (Wildman–Crippen MR) is 20.2 cm³/mol. The summed E-state index contributed by atoms with van der Waals surface area (Å²) < 4.78 is 0. The van der Waals surface area contributed by atoms with Crippen molar-refractivity contribution in [2.24, 2.45) is 0 Å². The van der Waals surface area contributed by atoms with Gasteiger partial charge in [0.15, 0.2) is 12.6 Å². The van der Waals surface area contributed by atoms with Gasteiger partial charge < -0.3 is 5.11 Å². The van der Waals surface area contributed by atoms with Gasteiger partial charge in [-0.15, -0.1) is 6.26 Å². The third-order valence-electron chi connectivity index (χ3n) is 0.408. The van der Waals surface area contributed by atoms with Crippen LogP contribution in [0.5, 0.6) is 0 Å². The molecule has 0 atom stereocenters. The summed E-state index contributed by atoms with van der Waals surface area (Å²) >= 11 is 0. The van der Waals surface area contributed by atoms with Gasteiger partial charge in [-0.3, -0.25) is 9.59 Å². The Kier molecular flexibility index (Phi) is 2.59. The lowest BCUT2D eigenvalue weighted by Crippen LogP contribution is -1.94. The molecule has 7 heavy (non-hydrogen) atoms. The van der Waals surface area contributed by atoms with Crippen LogP contribution in [0.4, 0.5) is 0 Å². The summed E-state index contributed by atoms with van der Waals surface area (Å²) in [5.74, 6) is 0. The molecule has 0 bridgehead atoms. The minimum atomic E-state index is -0.361. The standard InChI is InChI=1S/C4H4O3/c5-1-4(2-6)3-7/h1-3,5H/p-1. The summed E-state index contributed by atoms with van der Waals surface area (Å²) in [7, 11) is 0. The van der Waals surface area contributed by atoms with Gasteiger partial charge in [-0.2, -0.15) is 0 Å². The van der Waals surface area contributed by atoms with Crippen molar-refractivity contribution in [3.8, 4) is 0 Å². The summed E-state index contributed by atoms with van der Waals surface area (Å²) in [5.41, 5.74) is -0.361. The third-order valence-corrected chi connectivity index (χ3v) is 0.408. The fourth-order valence-corrected chi connectivity index (χ4v) is 0.0833. The molecule has 0 saturated heterocycles. The zero-order chi connectivity index (χ0) is 5.70. The molecular formula is C4H3O3-. The molecule has 0 unspecified atom stereocenters. The molecule has 0 aliphatic heterocycles. The van der Waals surface area contributed by atoms with Crippen LogP contribution in [0, 0.1) is 0 Å². The molecule has 0 aromatic carbocycles. The molecule has 0 N–H and O–H groups in total. The SMILES string of the molecule is O=CC(C=O)=C[O-]. The van der Waals surface area contributed by atoms with E-state index in [9.17, 15) is 14.7 Å². The highest BCUT2D eigenvalue weighted by Gasteiger charge is 1.79. The Hall–Kier alpha value is -1.12. The summed E-state index contributed by atoms with van der Waals surface area (Å²) in [6.45, 7) is 0. The summed E-state index contributed by atoms with van der Waals surface area (Å²) in [6.07, 6.45) is 0.625. The van der Waals surface area contributed by atoms with E-state index < -0.39 is 0 Å². The Morgan fingerprint density at radius 3 is 1.71 bits per heavy atom. The Morgan fingerprint density at radius 2 is 1.71 bits per heavy atom. The Balaban J connectivity index is 3.85. The molecule has 0 aromatic heterocycles. The number of carbonyl (C=O) groups excluding carboxylic acids is 2. The molecule has 0 heterocycles. The predicted octanol–water partition coefficient (Wildman–Crippen LogP) is -1.37. The lowest BCUT2D eigenvalue weighted by molar-refractivity contribution is -0.275. The van der Waals surface area contributed by atoms with Crippen molar-refractivity contribution in [1.82, 2.24) is 0 Å². The van der Waals surface area contributed by atoms with Gasteiger partial charge in [-0.25, -0.2) is 0 Å². The zero-order valence-corrected chi connectivity index (χ0v) is 3.46. The Bertz CT molecular complexity index is 93.5. The van der Waals surface area contributed by atoms with Gasteiger partial charge in [-0.05, 0) is 0 Å². The number of hydrogen-bond donors (Lipinski definition) is 0. The first-order chi connectivity index (χ1) is 3.35. The highest BCUT2D eigenvalue weighted by atomic mass is 16.2. The van der Waals surface area contributed by atoms with Crippen LogP contribution in [-0.2, 0) is 9.59 Å². The molecule has 3 heteroatoms. The number of carbonyl (C=O) groups is 2. The molecule has 0 radical (unpaired) electrons. The van der Waals surface area contributed by atoms with Gasteiger partial charge in [-0.1, -0.05) is 0 Å². The van der Waals surface area contributed by atoms with Crippen molar-refractivity contribution in [1.29, 1.82) is 0 Å². The number of hydrogen-bond acceptors (Lipinski definition) is 3. The Morgan fingerprint density at radius 1 is 1.29 bits per heavy atom. The zero-order valence-electron chi connectivity index (χ0n) is 3.46. The van der Waals surface area contributed by atoms with Crippen LogP contribution in [-0.4, -0.2) is 12.6 Å². The largest absolute Gasteiger partial charge is 0.877 e. The molecule has 0 saturated carbocycles. The molecule has 0 aliphatic rings. The van der Waals surface area contributed by atoms with Crippen LogP contribution in [0.3, 0.4) is 0 Å². The van der Waals surface area contributed by atoms with E-state index >= 15 is 0 Å². The van der Waals surface area contributed by atoms with Crippen molar-refractivity contribution in [2.75, 3.05) is 0 Å².